The Kier molecular flexibility index (Phi) is 4.02. The van der Waals surface area contributed by atoms with Gasteiger partial charge in [0.1, 0.15) is 0 Å². The highest BCUT2D eigenvalue weighted by Crippen LogP contribution is 2.22. The highest BCUT2D eigenvalue weighted by atomic mass is 79.9. The van der Waals surface area contributed by atoms with Crippen molar-refractivity contribution in [1.82, 2.24) is 10.2 Å². The fourth-order valence-corrected chi connectivity index (χ4v) is 2.32. The normalized spacial score (nSPS) is 16.9. The van der Waals surface area contributed by atoms with Crippen LogP contribution in [0.4, 0.5) is 0 Å². The monoisotopic (exact) mass is 297 g/mol. The molecule has 1 aromatic carbocycles. The van der Waals surface area contributed by atoms with Crippen LogP contribution in [0, 0.1) is 0 Å². The number of halogens is 1. The Hall–Kier alpha value is -1.07. The van der Waals surface area contributed by atoms with Gasteiger partial charge in [-0.25, -0.2) is 0 Å². The third-order valence-electron chi connectivity index (χ3n) is 2.78. The average Bonchev–Trinajstić information content (AvgIpc) is 2.72. The van der Waals surface area contributed by atoms with E-state index in [0.717, 1.165) is 29.1 Å². The summed E-state index contributed by atoms with van der Waals surface area (Å²) in [6.07, 6.45) is -0.540. The lowest BCUT2D eigenvalue weighted by Crippen LogP contribution is -2.37. The number of nitrogens with zero attached hydrogens (tertiary/aromatic N) is 2. The molecule has 17 heavy (non-hydrogen) atoms. The molecule has 1 unspecified atom stereocenters. The van der Waals surface area contributed by atoms with E-state index in [4.69, 9.17) is 0 Å². The van der Waals surface area contributed by atoms with Crippen LogP contribution in [0.5, 0.6) is 0 Å². The molecule has 5 heteroatoms. The van der Waals surface area contributed by atoms with Crippen LogP contribution < -0.4 is 5.32 Å². The first-order valence-electron chi connectivity index (χ1n) is 5.60. The van der Waals surface area contributed by atoms with Crippen LogP contribution in [0.15, 0.2) is 33.7 Å². The van der Waals surface area contributed by atoms with E-state index < -0.39 is 6.10 Å². The van der Waals surface area contributed by atoms with Gasteiger partial charge in [0, 0.05) is 24.6 Å². The van der Waals surface area contributed by atoms with Gasteiger partial charge in [0.05, 0.1) is 12.6 Å². The van der Waals surface area contributed by atoms with E-state index in [-0.39, 0.29) is 0 Å². The molecule has 1 atom stereocenters. The van der Waals surface area contributed by atoms with Crippen LogP contribution in [0.3, 0.4) is 0 Å². The van der Waals surface area contributed by atoms with Gasteiger partial charge in [-0.1, -0.05) is 34.1 Å². The van der Waals surface area contributed by atoms with Crippen LogP contribution in [-0.2, 0) is 0 Å². The van der Waals surface area contributed by atoms with Gasteiger partial charge < -0.3 is 15.3 Å². The summed E-state index contributed by atoms with van der Waals surface area (Å²) in [5.41, 5.74) is 0.890. The first-order chi connectivity index (χ1) is 8.18. The van der Waals surface area contributed by atoms with E-state index in [1.807, 2.05) is 36.2 Å². The maximum absolute atomic E-state index is 10.1. The van der Waals surface area contributed by atoms with Crippen molar-refractivity contribution < 1.29 is 5.11 Å². The molecule has 0 aliphatic carbocycles. The Morgan fingerprint density at radius 1 is 1.53 bits per heavy atom. The molecule has 92 valence electrons. The zero-order valence-corrected chi connectivity index (χ0v) is 11.3. The SMILES string of the molecule is CN1CCN=C1NCC(O)c1ccccc1Br. The van der Waals surface area contributed by atoms with Crippen LogP contribution in [0.1, 0.15) is 11.7 Å². The molecule has 0 saturated heterocycles. The second-order valence-corrected chi connectivity index (χ2v) is 4.90. The zero-order valence-electron chi connectivity index (χ0n) is 9.73. The smallest absolute Gasteiger partial charge is 0.193 e. The second-order valence-electron chi connectivity index (χ2n) is 4.05. The number of likely N-dealkylation sites (N-methyl/N-ethyl adjacent to an activating group) is 1. The summed E-state index contributed by atoms with van der Waals surface area (Å²) in [6.45, 7) is 2.23. The lowest BCUT2D eigenvalue weighted by Gasteiger charge is -2.18. The van der Waals surface area contributed by atoms with Gasteiger partial charge >= 0.3 is 0 Å². The van der Waals surface area contributed by atoms with Crippen molar-refractivity contribution in [1.29, 1.82) is 0 Å². The number of hydrogen-bond acceptors (Lipinski definition) is 4. The van der Waals surface area contributed by atoms with Crippen molar-refractivity contribution >= 4 is 21.9 Å². The summed E-state index contributed by atoms with van der Waals surface area (Å²) in [4.78, 5) is 6.36. The predicted molar refractivity (Wildman–Crippen MR) is 72.0 cm³/mol. The van der Waals surface area contributed by atoms with Gasteiger partial charge in [-0.2, -0.15) is 0 Å². The summed E-state index contributed by atoms with van der Waals surface area (Å²) in [5, 5.41) is 13.2. The van der Waals surface area contributed by atoms with E-state index >= 15 is 0 Å². The Morgan fingerprint density at radius 2 is 2.29 bits per heavy atom. The number of benzene rings is 1. The minimum atomic E-state index is -0.540. The van der Waals surface area contributed by atoms with E-state index in [0.29, 0.717) is 6.54 Å². The first kappa shape index (κ1) is 12.4. The molecule has 1 aromatic rings. The maximum atomic E-state index is 10.1. The van der Waals surface area contributed by atoms with Gasteiger partial charge in [0.2, 0.25) is 0 Å². The third kappa shape index (κ3) is 2.98. The van der Waals surface area contributed by atoms with Gasteiger partial charge in [0.25, 0.3) is 0 Å². The molecule has 4 nitrogen and oxygen atoms in total. The van der Waals surface area contributed by atoms with Crippen LogP contribution in [0.25, 0.3) is 0 Å². The molecular formula is C12H16BrN3O. The quantitative estimate of drug-likeness (QED) is 0.886. The average molecular weight is 298 g/mol. The number of guanidine groups is 1. The molecular weight excluding hydrogens is 282 g/mol. The topological polar surface area (TPSA) is 47.9 Å². The van der Waals surface area contributed by atoms with Gasteiger partial charge in [-0.15, -0.1) is 0 Å². The predicted octanol–water partition coefficient (Wildman–Crippen LogP) is 1.37. The van der Waals surface area contributed by atoms with Gasteiger partial charge in [-0.3, -0.25) is 4.99 Å². The summed E-state index contributed by atoms with van der Waals surface area (Å²) < 4.78 is 0.927. The molecule has 0 aromatic heterocycles. The molecule has 2 rings (SSSR count). The van der Waals surface area contributed by atoms with Crippen molar-refractivity contribution in [2.45, 2.75) is 6.10 Å². The minimum absolute atomic E-state index is 0.464. The van der Waals surface area contributed by atoms with Crippen molar-refractivity contribution in [3.8, 4) is 0 Å². The highest BCUT2D eigenvalue weighted by Gasteiger charge is 2.15. The number of hydrogen-bond donors (Lipinski definition) is 2. The standard InChI is InChI=1S/C12H16BrN3O/c1-16-7-6-14-12(16)15-8-11(17)9-4-2-3-5-10(9)13/h2-5,11,17H,6-8H2,1H3,(H,14,15). The van der Waals surface area contributed by atoms with Crippen molar-refractivity contribution in [3.63, 3.8) is 0 Å². The van der Waals surface area contributed by atoms with E-state index in [1.54, 1.807) is 0 Å². The number of nitrogens with one attached hydrogen (secondary N) is 1. The first-order valence-corrected chi connectivity index (χ1v) is 6.39. The summed E-state index contributed by atoms with van der Waals surface area (Å²) >= 11 is 3.43. The second kappa shape index (κ2) is 5.51. The van der Waals surface area contributed by atoms with Crippen molar-refractivity contribution in [3.05, 3.63) is 34.3 Å². The van der Waals surface area contributed by atoms with Crippen LogP contribution >= 0.6 is 15.9 Å². The number of rotatable bonds is 3. The van der Waals surface area contributed by atoms with Gasteiger partial charge in [-0.05, 0) is 11.6 Å². The zero-order chi connectivity index (χ0) is 12.3. The molecule has 0 fully saturated rings. The molecule has 2 N–H and O–H groups in total. The Morgan fingerprint density at radius 3 is 2.94 bits per heavy atom. The number of aliphatic imine (C=N–C) groups is 1. The highest BCUT2D eigenvalue weighted by molar-refractivity contribution is 9.10. The minimum Gasteiger partial charge on any atom is -0.387 e. The molecule has 1 heterocycles. The molecule has 1 aliphatic rings. The molecule has 0 radical (unpaired) electrons. The summed E-state index contributed by atoms with van der Waals surface area (Å²) in [6, 6.07) is 7.69. The van der Waals surface area contributed by atoms with E-state index in [1.165, 1.54) is 0 Å². The summed E-state index contributed by atoms with van der Waals surface area (Å²) in [5.74, 6) is 0.858. The maximum Gasteiger partial charge on any atom is 0.193 e. The fraction of sp³-hybridized carbons (Fsp3) is 0.417. The van der Waals surface area contributed by atoms with Crippen LogP contribution in [0.2, 0.25) is 0 Å². The lowest BCUT2D eigenvalue weighted by molar-refractivity contribution is 0.179. The molecule has 0 saturated carbocycles. The van der Waals surface area contributed by atoms with E-state index in [2.05, 4.69) is 26.2 Å². The largest absolute Gasteiger partial charge is 0.387 e. The Labute approximate surface area is 109 Å². The third-order valence-corrected chi connectivity index (χ3v) is 3.50. The van der Waals surface area contributed by atoms with Gasteiger partial charge in [0.15, 0.2) is 5.96 Å². The summed E-state index contributed by atoms with van der Waals surface area (Å²) in [7, 11) is 1.99. The Bertz CT molecular complexity index is 422. The van der Waals surface area contributed by atoms with E-state index in [9.17, 15) is 5.11 Å². The molecule has 0 spiro atoms. The number of aliphatic hydroxyl groups excluding tert-OH is 1. The molecule has 1 aliphatic heterocycles. The van der Waals surface area contributed by atoms with Crippen LogP contribution in [-0.4, -0.2) is 42.6 Å². The fourth-order valence-electron chi connectivity index (χ4n) is 1.77. The Balaban J connectivity index is 1.94. The lowest BCUT2D eigenvalue weighted by atomic mass is 10.1. The van der Waals surface area contributed by atoms with Crippen molar-refractivity contribution in [2.24, 2.45) is 4.99 Å². The molecule has 0 amide bonds. The van der Waals surface area contributed by atoms with Crippen molar-refractivity contribution in [2.75, 3.05) is 26.7 Å². The number of aliphatic hydroxyl groups is 1. The molecule has 0 bridgehead atoms.